The molecule has 3 aliphatic carbocycles. The molecule has 1 aliphatic heterocycles. The van der Waals surface area contributed by atoms with E-state index in [1.807, 2.05) is 20.8 Å². The summed E-state index contributed by atoms with van der Waals surface area (Å²) in [4.78, 5) is 37.3. The molecule has 168 valence electrons. The third-order valence-electron chi connectivity index (χ3n) is 9.14. The maximum atomic E-state index is 13.1. The zero-order valence-electron chi connectivity index (χ0n) is 19.3. The normalized spacial score (nSPS) is 43.0. The maximum Gasteiger partial charge on any atom is 0.321 e. The molecule has 0 aromatic heterocycles. The second-order valence-corrected chi connectivity index (χ2v) is 11.9. The van der Waals surface area contributed by atoms with E-state index in [-0.39, 0.29) is 40.1 Å². The largest absolute Gasteiger partial charge is 0.353 e. The predicted molar refractivity (Wildman–Crippen MR) is 115 cm³/mol. The number of nitrogens with one attached hydrogen (secondary N) is 3. The van der Waals surface area contributed by atoms with Crippen LogP contribution < -0.4 is 16.0 Å². The molecule has 4 aliphatic rings. The Morgan fingerprint density at radius 2 is 1.67 bits per heavy atom. The van der Waals surface area contributed by atoms with E-state index >= 15 is 0 Å². The van der Waals surface area contributed by atoms with Crippen LogP contribution >= 0.6 is 0 Å². The zero-order chi connectivity index (χ0) is 21.9. The van der Waals surface area contributed by atoms with E-state index in [1.54, 1.807) is 0 Å². The Morgan fingerprint density at radius 1 is 0.967 bits per heavy atom. The summed E-state index contributed by atoms with van der Waals surface area (Å²) in [5.74, 6) is 1.80. The van der Waals surface area contributed by atoms with Gasteiger partial charge in [-0.25, -0.2) is 4.79 Å². The summed E-state index contributed by atoms with van der Waals surface area (Å²) in [5, 5.41) is 8.75. The summed E-state index contributed by atoms with van der Waals surface area (Å²) < 4.78 is 0. The van der Waals surface area contributed by atoms with Gasteiger partial charge in [0.05, 0.1) is 0 Å². The van der Waals surface area contributed by atoms with Crippen molar-refractivity contribution in [3.05, 3.63) is 0 Å². The van der Waals surface area contributed by atoms with Crippen LogP contribution in [0.3, 0.4) is 0 Å². The molecule has 0 spiro atoms. The molecule has 6 heteroatoms. The molecule has 30 heavy (non-hydrogen) atoms. The minimum Gasteiger partial charge on any atom is -0.353 e. The van der Waals surface area contributed by atoms with E-state index in [4.69, 9.17) is 0 Å². The van der Waals surface area contributed by atoms with Crippen LogP contribution in [0.15, 0.2) is 0 Å². The van der Waals surface area contributed by atoms with Crippen LogP contribution in [0.2, 0.25) is 0 Å². The molecule has 7 atom stereocenters. The number of hydrogen-bond donors (Lipinski definition) is 3. The van der Waals surface area contributed by atoms with E-state index in [1.165, 1.54) is 0 Å². The van der Waals surface area contributed by atoms with E-state index in [0.29, 0.717) is 30.2 Å². The van der Waals surface area contributed by atoms with Crippen LogP contribution in [0.25, 0.3) is 0 Å². The molecular formula is C24H39N3O3. The van der Waals surface area contributed by atoms with Gasteiger partial charge in [-0.2, -0.15) is 0 Å². The van der Waals surface area contributed by atoms with Crippen molar-refractivity contribution in [2.45, 2.75) is 97.6 Å². The molecule has 4 amide bonds. The van der Waals surface area contributed by atoms with Crippen molar-refractivity contribution >= 4 is 17.8 Å². The van der Waals surface area contributed by atoms with Gasteiger partial charge in [0.25, 0.3) is 0 Å². The van der Waals surface area contributed by atoms with E-state index in [9.17, 15) is 14.4 Å². The highest BCUT2D eigenvalue weighted by atomic mass is 16.2. The number of carbonyl (C=O) groups excluding carboxylic acids is 3. The number of carbonyl (C=O) groups is 3. The lowest BCUT2D eigenvalue weighted by atomic mass is 9.47. The SMILES string of the molecule is CC(C)(C)NC(=O)NC(=O)C1CC[C@H]2[C@@H]3CCC4NC(=O)CC[C@]4(C)[C@@H]3CC[C@]12C. The van der Waals surface area contributed by atoms with Gasteiger partial charge in [0, 0.05) is 23.9 Å². The summed E-state index contributed by atoms with van der Waals surface area (Å²) in [5.41, 5.74) is -0.215. The lowest BCUT2D eigenvalue weighted by Crippen LogP contribution is -2.61. The Balaban J connectivity index is 1.48. The van der Waals surface area contributed by atoms with Crippen molar-refractivity contribution in [3.8, 4) is 0 Å². The van der Waals surface area contributed by atoms with Gasteiger partial charge >= 0.3 is 6.03 Å². The molecule has 0 aromatic carbocycles. The van der Waals surface area contributed by atoms with E-state index in [0.717, 1.165) is 44.9 Å². The first-order valence-corrected chi connectivity index (χ1v) is 11.9. The average molecular weight is 418 g/mol. The average Bonchev–Trinajstić information content (AvgIpc) is 2.98. The summed E-state index contributed by atoms with van der Waals surface area (Å²) in [6, 6.07) is -0.0786. The highest BCUT2D eigenvalue weighted by molar-refractivity contribution is 5.96. The van der Waals surface area contributed by atoms with Crippen LogP contribution in [-0.4, -0.2) is 29.4 Å². The summed E-state index contributed by atoms with van der Waals surface area (Å²) >= 11 is 0. The lowest BCUT2D eigenvalue weighted by Gasteiger charge is -2.60. The van der Waals surface area contributed by atoms with Crippen molar-refractivity contribution in [2.24, 2.45) is 34.5 Å². The van der Waals surface area contributed by atoms with Gasteiger partial charge in [-0.1, -0.05) is 13.8 Å². The van der Waals surface area contributed by atoms with Crippen molar-refractivity contribution in [1.82, 2.24) is 16.0 Å². The van der Waals surface area contributed by atoms with Crippen molar-refractivity contribution < 1.29 is 14.4 Å². The molecule has 0 aromatic rings. The lowest BCUT2D eigenvalue weighted by molar-refractivity contribution is -0.141. The van der Waals surface area contributed by atoms with Gasteiger partial charge in [-0.3, -0.25) is 14.9 Å². The first-order chi connectivity index (χ1) is 13.9. The van der Waals surface area contributed by atoms with Gasteiger partial charge in [0.1, 0.15) is 0 Å². The van der Waals surface area contributed by atoms with Crippen LogP contribution in [0.5, 0.6) is 0 Å². The summed E-state index contributed by atoms with van der Waals surface area (Å²) in [6.45, 7) is 10.4. The quantitative estimate of drug-likeness (QED) is 0.607. The Labute approximate surface area is 180 Å². The monoisotopic (exact) mass is 417 g/mol. The molecule has 3 saturated carbocycles. The third-order valence-corrected chi connectivity index (χ3v) is 9.14. The minimum absolute atomic E-state index is 0.0334. The first kappa shape index (κ1) is 21.6. The molecule has 6 nitrogen and oxygen atoms in total. The van der Waals surface area contributed by atoms with E-state index < -0.39 is 0 Å². The standard InChI is InChI=1S/C24H39N3O3/c1-22(2,3)27-21(30)26-20(29)17-8-7-15-14-6-9-18-24(5,13-11-19(28)25-18)16(14)10-12-23(15,17)4/h14-18H,6-13H2,1-5H3,(H,25,28)(H2,26,27,29,30)/t14-,15-,16+,17?,18?,23-,24+/m0/s1. The number of amides is 4. The van der Waals surface area contributed by atoms with Crippen LogP contribution in [0.1, 0.15) is 86.0 Å². The smallest absolute Gasteiger partial charge is 0.321 e. The number of rotatable bonds is 1. The number of fused-ring (bicyclic) bond motifs is 5. The van der Waals surface area contributed by atoms with E-state index in [2.05, 4.69) is 29.8 Å². The molecule has 1 saturated heterocycles. The van der Waals surface area contributed by atoms with Crippen LogP contribution in [0, 0.1) is 34.5 Å². The molecule has 4 fully saturated rings. The molecule has 0 bridgehead atoms. The molecule has 4 rings (SSSR count). The van der Waals surface area contributed by atoms with Gasteiger partial charge in [-0.05, 0) is 94.3 Å². The Morgan fingerprint density at radius 3 is 2.37 bits per heavy atom. The highest BCUT2D eigenvalue weighted by Crippen LogP contribution is 2.65. The third kappa shape index (κ3) is 3.54. The predicted octanol–water partition coefficient (Wildman–Crippen LogP) is 3.75. The molecular weight excluding hydrogens is 378 g/mol. The number of urea groups is 1. The van der Waals surface area contributed by atoms with Gasteiger partial charge in [0.2, 0.25) is 11.8 Å². The maximum absolute atomic E-state index is 13.1. The van der Waals surface area contributed by atoms with Gasteiger partial charge < -0.3 is 10.6 Å². The molecule has 2 unspecified atom stereocenters. The van der Waals surface area contributed by atoms with Crippen molar-refractivity contribution in [2.75, 3.05) is 0 Å². The first-order valence-electron chi connectivity index (χ1n) is 11.9. The molecule has 1 heterocycles. The van der Waals surface area contributed by atoms with Crippen molar-refractivity contribution in [1.29, 1.82) is 0 Å². The fourth-order valence-corrected chi connectivity index (χ4v) is 7.70. The Kier molecular flexibility index (Phi) is 5.22. The number of hydrogen-bond acceptors (Lipinski definition) is 3. The Hall–Kier alpha value is -1.59. The summed E-state index contributed by atoms with van der Waals surface area (Å²) in [7, 11) is 0. The molecule has 0 radical (unpaired) electrons. The number of piperidine rings is 1. The van der Waals surface area contributed by atoms with Gasteiger partial charge in [-0.15, -0.1) is 0 Å². The van der Waals surface area contributed by atoms with Crippen LogP contribution in [-0.2, 0) is 9.59 Å². The number of imide groups is 1. The topological polar surface area (TPSA) is 87.3 Å². The van der Waals surface area contributed by atoms with Gasteiger partial charge in [0.15, 0.2) is 0 Å². The van der Waals surface area contributed by atoms with Crippen LogP contribution in [0.4, 0.5) is 4.79 Å². The summed E-state index contributed by atoms with van der Waals surface area (Å²) in [6.07, 6.45) is 7.94. The zero-order valence-corrected chi connectivity index (χ0v) is 19.3. The fraction of sp³-hybridized carbons (Fsp3) is 0.875. The minimum atomic E-state index is -0.390. The second-order valence-electron chi connectivity index (χ2n) is 11.9. The van der Waals surface area contributed by atoms with Crippen molar-refractivity contribution in [3.63, 3.8) is 0 Å². The fourth-order valence-electron chi connectivity index (χ4n) is 7.70. The highest BCUT2D eigenvalue weighted by Gasteiger charge is 2.61. The molecule has 3 N–H and O–H groups in total. The second kappa shape index (κ2) is 7.23. The Bertz CT molecular complexity index is 744.